The summed E-state index contributed by atoms with van der Waals surface area (Å²) in [5.74, 6) is 2.14. The van der Waals surface area contributed by atoms with E-state index < -0.39 is 0 Å². The van der Waals surface area contributed by atoms with Crippen molar-refractivity contribution in [2.45, 2.75) is 78.6 Å². The van der Waals surface area contributed by atoms with Crippen LogP contribution in [0.15, 0.2) is 140 Å². The van der Waals surface area contributed by atoms with E-state index in [9.17, 15) is 0 Å². The van der Waals surface area contributed by atoms with Crippen molar-refractivity contribution in [2.75, 3.05) is 0 Å². The summed E-state index contributed by atoms with van der Waals surface area (Å²) >= 11 is 0. The maximum absolute atomic E-state index is 6.74. The average molecular weight is 967 g/mol. The first-order valence-corrected chi connectivity index (χ1v) is 20.7. The Labute approximate surface area is 369 Å². The minimum atomic E-state index is -0.0397. The standard InChI is InChI=1S/C54H51N4O.Pt/c1-52(2,3)38-22-25-49-50(31-38)57(35-58(49,57)42-29-37(36-16-11-10-12-17-36)28-40(30-42)54(7,8)9)41-18-15-19-43(33-41)59-44-23-24-46-45-20-13-14-21-47(45)56(48(46)34-44)51-32-39(26-27-55-51)53(4,5)6;/h10-32,35H,1-9H3;/q-1;/t57?,58-;/m0./s1. The van der Waals surface area contributed by atoms with Crippen LogP contribution in [-0.2, 0) is 37.3 Å². The number of para-hydroxylation sites is 1. The summed E-state index contributed by atoms with van der Waals surface area (Å²) in [6, 6.07) is 55.7. The van der Waals surface area contributed by atoms with Crippen molar-refractivity contribution < 1.29 is 25.8 Å². The molecule has 304 valence electrons. The van der Waals surface area contributed by atoms with Crippen LogP contribution in [-0.4, -0.2) is 9.55 Å². The molecule has 0 saturated carbocycles. The zero-order chi connectivity index (χ0) is 41.1. The molecule has 1 unspecified atom stereocenters. The van der Waals surface area contributed by atoms with Gasteiger partial charge in [0.2, 0.25) is 11.4 Å². The van der Waals surface area contributed by atoms with Crippen LogP contribution in [0.2, 0.25) is 0 Å². The predicted molar refractivity (Wildman–Crippen MR) is 244 cm³/mol. The van der Waals surface area contributed by atoms with Crippen molar-refractivity contribution >= 4 is 44.6 Å². The first-order valence-electron chi connectivity index (χ1n) is 20.7. The maximum Gasteiger partial charge on any atom is 0.225 e. The molecule has 0 N–H and O–H groups in total. The summed E-state index contributed by atoms with van der Waals surface area (Å²) in [4.78, 5) is 4.87. The number of quaternary nitrogens is 2. The van der Waals surface area contributed by atoms with Crippen LogP contribution in [0.5, 0.6) is 11.5 Å². The Hall–Kier alpha value is -5.32. The molecule has 2 atom stereocenters. The molecule has 0 spiro atoms. The molecule has 0 radical (unpaired) electrons. The van der Waals surface area contributed by atoms with Gasteiger partial charge in [-0.15, -0.1) is 29.7 Å². The van der Waals surface area contributed by atoms with Crippen LogP contribution in [0.1, 0.15) is 79.0 Å². The topological polar surface area (TPSA) is 27.1 Å². The molecule has 2 aliphatic heterocycles. The van der Waals surface area contributed by atoms with Crippen LogP contribution in [0.3, 0.4) is 0 Å². The molecule has 2 aliphatic rings. The summed E-state index contributed by atoms with van der Waals surface area (Å²) < 4.78 is 10.1. The van der Waals surface area contributed by atoms with Crippen molar-refractivity contribution in [3.05, 3.63) is 175 Å². The number of rotatable bonds is 6. The van der Waals surface area contributed by atoms with Gasteiger partial charge >= 0.3 is 0 Å². The summed E-state index contributed by atoms with van der Waals surface area (Å²) in [5, 5.41) is 2.26. The molecule has 0 aliphatic carbocycles. The number of aromatic nitrogens is 2. The molecule has 2 aromatic heterocycles. The second-order valence-electron chi connectivity index (χ2n) is 19.4. The first kappa shape index (κ1) is 40.1. The van der Waals surface area contributed by atoms with E-state index in [0.717, 1.165) is 33.3 Å². The largest absolute Gasteiger partial charge is 0.509 e. The van der Waals surface area contributed by atoms with Crippen LogP contribution >= 0.6 is 0 Å². The van der Waals surface area contributed by atoms with E-state index >= 15 is 0 Å². The van der Waals surface area contributed by atoms with Gasteiger partial charge in [-0.2, -0.15) is 16.7 Å². The molecular formula is C54H51N4OPt-. The van der Waals surface area contributed by atoms with Gasteiger partial charge in [-0.25, -0.2) is 9.58 Å². The Balaban J connectivity index is 0.00000462. The molecule has 1 saturated heterocycles. The van der Waals surface area contributed by atoms with E-state index in [1.54, 1.807) is 0 Å². The quantitative estimate of drug-likeness (QED) is 0.0943. The Morgan fingerprint density at radius 3 is 2.00 bits per heavy atom. The Morgan fingerprint density at radius 1 is 0.550 bits per heavy atom. The Bertz CT molecular complexity index is 2960. The van der Waals surface area contributed by atoms with E-state index in [-0.39, 0.29) is 37.3 Å². The third-order valence-corrected chi connectivity index (χ3v) is 12.4. The molecule has 0 amide bonds. The first-order chi connectivity index (χ1) is 28.1. The minimum Gasteiger partial charge on any atom is -0.509 e. The van der Waals surface area contributed by atoms with Crippen molar-refractivity contribution in [3.63, 3.8) is 0 Å². The number of hydrogen-bond donors (Lipinski definition) is 0. The molecule has 6 heteroatoms. The van der Waals surface area contributed by atoms with Gasteiger partial charge in [0, 0.05) is 68.5 Å². The molecule has 60 heavy (non-hydrogen) atoms. The van der Waals surface area contributed by atoms with E-state index in [4.69, 9.17) is 9.72 Å². The van der Waals surface area contributed by atoms with E-state index in [0.29, 0.717) is 20.7 Å². The fourth-order valence-electron chi connectivity index (χ4n) is 8.97. The third kappa shape index (κ3) is 6.20. The maximum atomic E-state index is 6.74. The molecule has 0 bridgehead atoms. The molecular weight excluding hydrogens is 916 g/mol. The van der Waals surface area contributed by atoms with Gasteiger partial charge in [-0.05, 0) is 67.6 Å². The fraction of sp³-hybridized carbons (Fsp3) is 0.222. The van der Waals surface area contributed by atoms with Gasteiger partial charge in [0.1, 0.15) is 5.82 Å². The van der Waals surface area contributed by atoms with Crippen LogP contribution in [0, 0.1) is 18.8 Å². The van der Waals surface area contributed by atoms with Crippen LogP contribution in [0.25, 0.3) is 38.8 Å². The van der Waals surface area contributed by atoms with Crippen LogP contribution < -0.4 is 13.9 Å². The number of ether oxygens (including phenoxy) is 1. The number of nitrogens with zero attached hydrogens (tertiary/aromatic N) is 4. The summed E-state index contributed by atoms with van der Waals surface area (Å²) in [5.41, 5.74) is 13.1. The van der Waals surface area contributed by atoms with Gasteiger partial charge in [0.15, 0.2) is 12.4 Å². The van der Waals surface area contributed by atoms with Gasteiger partial charge in [0.25, 0.3) is 0 Å². The molecule has 1 fully saturated rings. The Morgan fingerprint density at radius 2 is 1.25 bits per heavy atom. The number of hydrogen-bond acceptors (Lipinski definition) is 2. The number of fused-ring (bicyclic) bond motifs is 7. The molecule has 10 rings (SSSR count). The third-order valence-electron chi connectivity index (χ3n) is 12.4. The second-order valence-corrected chi connectivity index (χ2v) is 19.4. The minimum absolute atomic E-state index is 0. The zero-order valence-corrected chi connectivity index (χ0v) is 38.1. The average Bonchev–Trinajstić information content (AvgIpc) is 3.71. The van der Waals surface area contributed by atoms with Crippen molar-refractivity contribution in [1.82, 2.24) is 18.7 Å². The van der Waals surface area contributed by atoms with Crippen LogP contribution in [0.4, 0.5) is 22.7 Å². The summed E-state index contributed by atoms with van der Waals surface area (Å²) in [6.45, 7) is 22.9. The van der Waals surface area contributed by atoms with Gasteiger partial charge in [0.05, 0.1) is 5.69 Å². The van der Waals surface area contributed by atoms with Crippen molar-refractivity contribution in [3.8, 4) is 28.4 Å². The number of pyridine rings is 1. The van der Waals surface area contributed by atoms with E-state index in [1.165, 1.54) is 44.9 Å². The van der Waals surface area contributed by atoms with E-state index in [1.807, 2.05) is 18.3 Å². The molecule has 4 heterocycles. The summed E-state index contributed by atoms with van der Waals surface area (Å²) in [6.07, 6.45) is 1.91. The molecule has 6 aromatic carbocycles. The predicted octanol–water partition coefficient (Wildman–Crippen LogP) is 14.5. The molecule has 5 nitrogen and oxygen atoms in total. The van der Waals surface area contributed by atoms with E-state index in [2.05, 4.69) is 207 Å². The van der Waals surface area contributed by atoms with Gasteiger partial charge < -0.3 is 9.30 Å². The monoisotopic (exact) mass is 966 g/mol. The normalized spacial score (nSPS) is 18.4. The molecule has 8 aromatic rings. The van der Waals surface area contributed by atoms with Crippen molar-refractivity contribution in [2.24, 2.45) is 0 Å². The Kier molecular flexibility index (Phi) is 9.26. The zero-order valence-electron chi connectivity index (χ0n) is 35.9. The smallest absolute Gasteiger partial charge is 0.225 e. The number of benzene rings is 6. The SMILES string of the molecule is CC(C)(C)c1cc(-c2ccccc2)cc([N@+]23[CH-][N+]2(c2[c-]c(Oc4[c-]c5c(cc4)c4ccccc4n5-c4cc(C(C)(C)C)ccn4)ccc2)c2cc(C(C)(C)C)ccc23)c1.[Pt]. The van der Waals surface area contributed by atoms with Gasteiger partial charge in [-0.3, -0.25) is 0 Å². The van der Waals surface area contributed by atoms with Crippen molar-refractivity contribution in [1.29, 1.82) is 0 Å². The van der Waals surface area contributed by atoms with Gasteiger partial charge in [-0.1, -0.05) is 135 Å². The second kappa shape index (κ2) is 13.9. The fourth-order valence-corrected chi connectivity index (χ4v) is 8.97. The summed E-state index contributed by atoms with van der Waals surface area (Å²) in [7, 11) is 0.